The molecule has 0 saturated carbocycles. The highest BCUT2D eigenvalue weighted by molar-refractivity contribution is 5.79. The Hall–Kier alpha value is -1.82. The average Bonchev–Trinajstić information content (AvgIpc) is 2.98. The molecular formula is C21H38N6. The fourth-order valence-electron chi connectivity index (χ4n) is 3.53. The van der Waals surface area contributed by atoms with Gasteiger partial charge in [0.15, 0.2) is 5.96 Å². The standard InChI is InChI=1S/C21H38N6/c1-4-27(5-2)20-12-11-19(17-24-20)18-25-21(22-3)23-13-10-16-26-14-8-6-7-9-15-26/h11-12,17H,4-10,13-16,18H2,1-3H3,(H2,22,23,25). The van der Waals surface area contributed by atoms with E-state index in [0.29, 0.717) is 0 Å². The van der Waals surface area contributed by atoms with Crippen LogP contribution in [0.1, 0.15) is 51.5 Å². The van der Waals surface area contributed by atoms with Gasteiger partial charge < -0.3 is 20.4 Å². The van der Waals surface area contributed by atoms with Crippen molar-refractivity contribution < 1.29 is 0 Å². The Kier molecular flexibility index (Phi) is 9.98. The number of nitrogens with one attached hydrogen (secondary N) is 2. The molecule has 6 nitrogen and oxygen atoms in total. The monoisotopic (exact) mass is 374 g/mol. The van der Waals surface area contributed by atoms with E-state index in [2.05, 4.69) is 56.4 Å². The normalized spacial score (nSPS) is 16.0. The molecule has 1 saturated heterocycles. The zero-order valence-corrected chi connectivity index (χ0v) is 17.5. The maximum absolute atomic E-state index is 4.58. The molecule has 1 fully saturated rings. The smallest absolute Gasteiger partial charge is 0.191 e. The van der Waals surface area contributed by atoms with E-state index in [1.807, 2.05) is 13.2 Å². The second-order valence-electron chi connectivity index (χ2n) is 7.16. The highest BCUT2D eigenvalue weighted by atomic mass is 15.2. The molecule has 0 unspecified atom stereocenters. The number of aliphatic imine (C=N–C) groups is 1. The summed E-state index contributed by atoms with van der Waals surface area (Å²) in [5.41, 5.74) is 1.17. The van der Waals surface area contributed by atoms with E-state index in [-0.39, 0.29) is 0 Å². The van der Waals surface area contributed by atoms with E-state index < -0.39 is 0 Å². The van der Waals surface area contributed by atoms with Gasteiger partial charge in [0.05, 0.1) is 0 Å². The van der Waals surface area contributed by atoms with Crippen molar-refractivity contribution in [2.75, 3.05) is 51.2 Å². The molecule has 2 heterocycles. The lowest BCUT2D eigenvalue weighted by molar-refractivity contribution is 0.282. The van der Waals surface area contributed by atoms with E-state index >= 15 is 0 Å². The first-order chi connectivity index (χ1) is 13.3. The Balaban J connectivity index is 1.67. The first kappa shape index (κ1) is 21.5. The van der Waals surface area contributed by atoms with Crippen molar-refractivity contribution in [3.05, 3.63) is 23.9 Å². The van der Waals surface area contributed by atoms with Crippen LogP contribution in [-0.4, -0.2) is 62.2 Å². The van der Waals surface area contributed by atoms with E-state index in [1.54, 1.807) is 0 Å². The molecule has 2 N–H and O–H groups in total. The van der Waals surface area contributed by atoms with Gasteiger partial charge in [0.2, 0.25) is 0 Å². The van der Waals surface area contributed by atoms with Crippen molar-refractivity contribution >= 4 is 11.8 Å². The molecule has 0 aromatic carbocycles. The maximum Gasteiger partial charge on any atom is 0.191 e. The molecule has 27 heavy (non-hydrogen) atoms. The summed E-state index contributed by atoms with van der Waals surface area (Å²) in [6.07, 6.45) is 8.62. The molecule has 0 aliphatic carbocycles. The molecule has 6 heteroatoms. The number of hydrogen-bond donors (Lipinski definition) is 2. The van der Waals surface area contributed by atoms with Crippen molar-refractivity contribution in [2.24, 2.45) is 4.99 Å². The third-order valence-corrected chi connectivity index (χ3v) is 5.22. The van der Waals surface area contributed by atoms with Crippen LogP contribution in [0.25, 0.3) is 0 Å². The van der Waals surface area contributed by atoms with Crippen LogP contribution in [-0.2, 0) is 6.54 Å². The quantitative estimate of drug-likeness (QED) is 0.395. The molecule has 1 aromatic heterocycles. The van der Waals surface area contributed by atoms with Crippen molar-refractivity contribution in [3.63, 3.8) is 0 Å². The Labute approximate surface area is 165 Å². The summed E-state index contributed by atoms with van der Waals surface area (Å²) in [7, 11) is 1.83. The lowest BCUT2D eigenvalue weighted by Gasteiger charge is -2.20. The van der Waals surface area contributed by atoms with Crippen LogP contribution in [0.3, 0.4) is 0 Å². The summed E-state index contributed by atoms with van der Waals surface area (Å²) in [5.74, 6) is 1.90. The van der Waals surface area contributed by atoms with Gasteiger partial charge in [-0.25, -0.2) is 4.98 Å². The Bertz CT molecular complexity index is 530. The summed E-state index contributed by atoms with van der Waals surface area (Å²) in [6.45, 7) is 11.7. The molecule has 1 aliphatic rings. The fourth-order valence-corrected chi connectivity index (χ4v) is 3.53. The second-order valence-corrected chi connectivity index (χ2v) is 7.16. The van der Waals surface area contributed by atoms with Gasteiger partial charge in [0.1, 0.15) is 5.82 Å². The largest absolute Gasteiger partial charge is 0.357 e. The van der Waals surface area contributed by atoms with Crippen LogP contribution in [0.15, 0.2) is 23.3 Å². The fraction of sp³-hybridized carbons (Fsp3) is 0.714. The van der Waals surface area contributed by atoms with Gasteiger partial charge in [-0.05, 0) is 64.4 Å². The second kappa shape index (κ2) is 12.5. The first-order valence-electron chi connectivity index (χ1n) is 10.6. The summed E-state index contributed by atoms with van der Waals surface area (Å²) in [4.78, 5) is 13.8. The third-order valence-electron chi connectivity index (χ3n) is 5.22. The van der Waals surface area contributed by atoms with Crippen LogP contribution < -0.4 is 15.5 Å². The number of pyridine rings is 1. The molecule has 0 radical (unpaired) electrons. The van der Waals surface area contributed by atoms with Crippen LogP contribution in [0.5, 0.6) is 0 Å². The average molecular weight is 375 g/mol. The van der Waals surface area contributed by atoms with Crippen LogP contribution >= 0.6 is 0 Å². The van der Waals surface area contributed by atoms with Gasteiger partial charge in [-0.15, -0.1) is 0 Å². The van der Waals surface area contributed by atoms with Gasteiger partial charge in [-0.1, -0.05) is 18.9 Å². The van der Waals surface area contributed by atoms with Gasteiger partial charge >= 0.3 is 0 Å². The van der Waals surface area contributed by atoms with Crippen LogP contribution in [0.4, 0.5) is 5.82 Å². The molecule has 0 spiro atoms. The van der Waals surface area contributed by atoms with Crippen LogP contribution in [0, 0.1) is 0 Å². The predicted molar refractivity (Wildman–Crippen MR) is 116 cm³/mol. The Morgan fingerprint density at radius 3 is 2.44 bits per heavy atom. The lowest BCUT2D eigenvalue weighted by atomic mass is 10.2. The van der Waals surface area contributed by atoms with E-state index in [0.717, 1.165) is 44.4 Å². The predicted octanol–water partition coefficient (Wildman–Crippen LogP) is 2.86. The molecule has 0 bridgehead atoms. The summed E-state index contributed by atoms with van der Waals surface area (Å²) < 4.78 is 0. The number of hydrogen-bond acceptors (Lipinski definition) is 4. The Morgan fingerprint density at radius 1 is 1.11 bits per heavy atom. The zero-order valence-electron chi connectivity index (χ0n) is 17.5. The van der Waals surface area contributed by atoms with Gasteiger partial charge in [-0.3, -0.25) is 4.99 Å². The van der Waals surface area contributed by atoms with E-state index in [9.17, 15) is 0 Å². The third kappa shape index (κ3) is 7.75. The van der Waals surface area contributed by atoms with Crippen LogP contribution in [0.2, 0.25) is 0 Å². The number of guanidine groups is 1. The number of nitrogens with zero attached hydrogens (tertiary/aromatic N) is 4. The minimum absolute atomic E-state index is 0.733. The summed E-state index contributed by atoms with van der Waals surface area (Å²) in [5, 5.41) is 6.81. The van der Waals surface area contributed by atoms with Gasteiger partial charge in [0, 0.05) is 39.4 Å². The lowest BCUT2D eigenvalue weighted by Crippen LogP contribution is -2.38. The van der Waals surface area contributed by atoms with Gasteiger partial charge in [-0.2, -0.15) is 0 Å². The minimum Gasteiger partial charge on any atom is -0.357 e. The number of anilines is 1. The summed E-state index contributed by atoms with van der Waals surface area (Å²) >= 11 is 0. The summed E-state index contributed by atoms with van der Waals surface area (Å²) in [6, 6.07) is 4.24. The van der Waals surface area contributed by atoms with Crippen molar-refractivity contribution in [1.82, 2.24) is 20.5 Å². The number of aromatic nitrogens is 1. The van der Waals surface area contributed by atoms with Gasteiger partial charge in [0.25, 0.3) is 0 Å². The number of rotatable bonds is 9. The highest BCUT2D eigenvalue weighted by Crippen LogP contribution is 2.11. The SMILES string of the molecule is CCN(CC)c1ccc(CNC(=NC)NCCCN2CCCCCC2)cn1. The van der Waals surface area contributed by atoms with Crippen molar-refractivity contribution in [3.8, 4) is 0 Å². The molecule has 2 rings (SSSR count). The maximum atomic E-state index is 4.58. The molecule has 152 valence electrons. The minimum atomic E-state index is 0.733. The topological polar surface area (TPSA) is 55.8 Å². The first-order valence-corrected chi connectivity index (χ1v) is 10.6. The molecule has 1 aromatic rings. The molecular weight excluding hydrogens is 336 g/mol. The van der Waals surface area contributed by atoms with E-state index in [4.69, 9.17) is 0 Å². The number of likely N-dealkylation sites (tertiary alicyclic amines) is 1. The highest BCUT2D eigenvalue weighted by Gasteiger charge is 2.08. The zero-order chi connectivity index (χ0) is 19.3. The Morgan fingerprint density at radius 2 is 1.85 bits per heavy atom. The molecule has 0 atom stereocenters. The molecule has 1 aliphatic heterocycles. The van der Waals surface area contributed by atoms with E-state index in [1.165, 1.54) is 50.9 Å². The van der Waals surface area contributed by atoms with Crippen molar-refractivity contribution in [1.29, 1.82) is 0 Å². The molecule has 0 amide bonds. The van der Waals surface area contributed by atoms with Crippen molar-refractivity contribution in [2.45, 2.75) is 52.5 Å².